The molecule has 0 spiro atoms. The summed E-state index contributed by atoms with van der Waals surface area (Å²) in [5.74, 6) is 1.73. The largest absolute Gasteiger partial charge is 0.369 e. The second-order valence-corrected chi connectivity index (χ2v) is 4.47. The third-order valence-electron chi connectivity index (χ3n) is 2.97. The van der Waals surface area contributed by atoms with Crippen molar-refractivity contribution in [1.29, 1.82) is 0 Å². The van der Waals surface area contributed by atoms with Gasteiger partial charge in [0, 0.05) is 32.6 Å². The number of likely N-dealkylation sites (tertiary alicyclic amines) is 1. The van der Waals surface area contributed by atoms with Gasteiger partial charge in [0.25, 0.3) is 0 Å². The first-order valence-corrected chi connectivity index (χ1v) is 6.25. The van der Waals surface area contributed by atoms with E-state index >= 15 is 0 Å². The molecule has 1 saturated heterocycles. The summed E-state index contributed by atoms with van der Waals surface area (Å²) in [7, 11) is 1.83. The second kappa shape index (κ2) is 5.66. The van der Waals surface area contributed by atoms with E-state index in [1.807, 2.05) is 14.0 Å². The van der Waals surface area contributed by atoms with Gasteiger partial charge in [0.1, 0.15) is 11.6 Å². The van der Waals surface area contributed by atoms with Gasteiger partial charge in [-0.3, -0.25) is 9.78 Å². The second-order valence-electron chi connectivity index (χ2n) is 4.47. The molecule has 98 valence electrons. The van der Waals surface area contributed by atoms with Crippen molar-refractivity contribution in [3.8, 4) is 0 Å². The highest BCUT2D eigenvalue weighted by Gasteiger charge is 2.22. The first-order chi connectivity index (χ1) is 8.69. The molecule has 1 unspecified atom stereocenters. The van der Waals surface area contributed by atoms with Crippen LogP contribution < -0.4 is 10.6 Å². The number of hydrogen-bond donors (Lipinski definition) is 2. The van der Waals surface area contributed by atoms with E-state index in [-0.39, 0.29) is 11.9 Å². The van der Waals surface area contributed by atoms with Crippen molar-refractivity contribution in [2.24, 2.45) is 0 Å². The Hall–Kier alpha value is -1.85. The van der Waals surface area contributed by atoms with Crippen LogP contribution in [-0.4, -0.2) is 47.0 Å². The van der Waals surface area contributed by atoms with E-state index in [4.69, 9.17) is 0 Å². The van der Waals surface area contributed by atoms with Crippen molar-refractivity contribution < 1.29 is 4.79 Å². The fourth-order valence-corrected chi connectivity index (χ4v) is 2.04. The topological polar surface area (TPSA) is 70.2 Å². The number of anilines is 2. The molecule has 0 aliphatic carbocycles. The summed E-state index contributed by atoms with van der Waals surface area (Å²) < 4.78 is 0. The van der Waals surface area contributed by atoms with Crippen molar-refractivity contribution in [3.63, 3.8) is 0 Å². The number of rotatable bonds is 4. The minimum absolute atomic E-state index is 0.209. The molecule has 0 aromatic carbocycles. The molecule has 1 aromatic rings. The number of carbonyl (C=O) groups is 1. The highest BCUT2D eigenvalue weighted by Crippen LogP contribution is 2.15. The fraction of sp³-hybridized carbons (Fsp3) is 0.583. The van der Waals surface area contributed by atoms with Crippen LogP contribution in [0.4, 0.5) is 11.6 Å². The summed E-state index contributed by atoms with van der Waals surface area (Å²) in [4.78, 5) is 21.7. The molecule has 0 saturated carbocycles. The molecule has 0 radical (unpaired) electrons. The SMILES string of the molecule is CCNc1cncc(NC2CCC(=O)N(C)C2)n1. The predicted octanol–water partition coefficient (Wildman–Crippen LogP) is 0.941. The van der Waals surface area contributed by atoms with Crippen molar-refractivity contribution in [2.75, 3.05) is 30.8 Å². The molecule has 1 aliphatic rings. The van der Waals surface area contributed by atoms with E-state index in [9.17, 15) is 4.79 Å². The molecule has 6 heteroatoms. The average Bonchev–Trinajstić information content (AvgIpc) is 2.35. The van der Waals surface area contributed by atoms with Crippen molar-refractivity contribution >= 4 is 17.5 Å². The molecule has 1 atom stereocenters. The Morgan fingerprint density at radius 1 is 1.44 bits per heavy atom. The van der Waals surface area contributed by atoms with Crippen molar-refractivity contribution in [3.05, 3.63) is 12.4 Å². The van der Waals surface area contributed by atoms with E-state index in [2.05, 4.69) is 20.6 Å². The molecule has 1 aromatic heterocycles. The number of nitrogens with one attached hydrogen (secondary N) is 2. The van der Waals surface area contributed by atoms with Crippen LogP contribution in [0.5, 0.6) is 0 Å². The van der Waals surface area contributed by atoms with Gasteiger partial charge in [0.2, 0.25) is 5.91 Å². The first-order valence-electron chi connectivity index (χ1n) is 6.25. The van der Waals surface area contributed by atoms with Crippen LogP contribution in [0.1, 0.15) is 19.8 Å². The van der Waals surface area contributed by atoms with Gasteiger partial charge in [-0.2, -0.15) is 0 Å². The third kappa shape index (κ3) is 3.09. The van der Waals surface area contributed by atoms with Gasteiger partial charge in [0.05, 0.1) is 12.4 Å². The Morgan fingerprint density at radius 3 is 2.94 bits per heavy atom. The zero-order chi connectivity index (χ0) is 13.0. The summed E-state index contributed by atoms with van der Waals surface area (Å²) >= 11 is 0. The standard InChI is InChI=1S/C12H19N5O/c1-3-14-10-6-13-7-11(16-10)15-9-4-5-12(18)17(2)8-9/h6-7,9H,3-5,8H2,1-2H3,(H2,14,15,16). The highest BCUT2D eigenvalue weighted by atomic mass is 16.2. The van der Waals surface area contributed by atoms with E-state index in [1.165, 1.54) is 0 Å². The Balaban J connectivity index is 1.96. The third-order valence-corrected chi connectivity index (χ3v) is 2.97. The zero-order valence-corrected chi connectivity index (χ0v) is 10.8. The minimum Gasteiger partial charge on any atom is -0.369 e. The number of likely N-dealkylation sites (N-methyl/N-ethyl adjacent to an activating group) is 1. The molecule has 2 heterocycles. The maximum absolute atomic E-state index is 11.4. The Labute approximate surface area is 107 Å². The number of carbonyl (C=O) groups excluding carboxylic acids is 1. The lowest BCUT2D eigenvalue weighted by molar-refractivity contribution is -0.132. The van der Waals surface area contributed by atoms with Gasteiger partial charge in [-0.05, 0) is 13.3 Å². The van der Waals surface area contributed by atoms with Gasteiger partial charge in [-0.25, -0.2) is 4.98 Å². The van der Waals surface area contributed by atoms with Gasteiger partial charge in [0.15, 0.2) is 0 Å². The number of piperidine rings is 1. The molecule has 1 fully saturated rings. The number of hydrogen-bond acceptors (Lipinski definition) is 5. The molecule has 6 nitrogen and oxygen atoms in total. The van der Waals surface area contributed by atoms with Crippen molar-refractivity contribution in [2.45, 2.75) is 25.8 Å². The molecular formula is C12H19N5O. The molecular weight excluding hydrogens is 230 g/mol. The quantitative estimate of drug-likeness (QED) is 0.831. The maximum atomic E-state index is 11.4. The molecule has 18 heavy (non-hydrogen) atoms. The van der Waals surface area contributed by atoms with E-state index < -0.39 is 0 Å². The van der Waals surface area contributed by atoms with Crippen LogP contribution in [0.15, 0.2) is 12.4 Å². The minimum atomic E-state index is 0.209. The van der Waals surface area contributed by atoms with Gasteiger partial charge < -0.3 is 15.5 Å². The zero-order valence-electron chi connectivity index (χ0n) is 10.8. The summed E-state index contributed by atoms with van der Waals surface area (Å²) in [6, 6.07) is 0.249. The van der Waals surface area contributed by atoms with Crippen LogP contribution in [-0.2, 0) is 4.79 Å². The van der Waals surface area contributed by atoms with Crippen molar-refractivity contribution in [1.82, 2.24) is 14.9 Å². The normalized spacial score (nSPS) is 19.8. The Morgan fingerprint density at radius 2 is 2.22 bits per heavy atom. The van der Waals surface area contributed by atoms with Gasteiger partial charge in [-0.15, -0.1) is 0 Å². The van der Waals surface area contributed by atoms with Crippen LogP contribution >= 0.6 is 0 Å². The summed E-state index contributed by atoms with van der Waals surface area (Å²) in [6.07, 6.45) is 4.84. The van der Waals surface area contributed by atoms with Gasteiger partial charge in [-0.1, -0.05) is 0 Å². The molecule has 1 aliphatic heterocycles. The van der Waals surface area contributed by atoms with Gasteiger partial charge >= 0.3 is 0 Å². The average molecular weight is 249 g/mol. The lowest BCUT2D eigenvalue weighted by Gasteiger charge is -2.30. The smallest absolute Gasteiger partial charge is 0.222 e. The maximum Gasteiger partial charge on any atom is 0.222 e. The van der Waals surface area contributed by atoms with Crippen LogP contribution in [0, 0.1) is 0 Å². The molecule has 0 bridgehead atoms. The summed E-state index contributed by atoms with van der Waals surface area (Å²) in [6.45, 7) is 3.55. The fourth-order valence-electron chi connectivity index (χ4n) is 2.04. The Kier molecular flexibility index (Phi) is 3.96. The molecule has 2 N–H and O–H groups in total. The monoisotopic (exact) mass is 249 g/mol. The lowest BCUT2D eigenvalue weighted by atomic mass is 10.1. The van der Waals surface area contributed by atoms with Crippen LogP contribution in [0.2, 0.25) is 0 Å². The summed E-state index contributed by atoms with van der Waals surface area (Å²) in [5.41, 5.74) is 0. The lowest BCUT2D eigenvalue weighted by Crippen LogP contribution is -2.43. The van der Waals surface area contributed by atoms with Crippen LogP contribution in [0.3, 0.4) is 0 Å². The Bertz CT molecular complexity index is 423. The molecule has 1 amide bonds. The van der Waals surface area contributed by atoms with E-state index in [0.29, 0.717) is 13.0 Å². The first kappa shape index (κ1) is 12.6. The van der Waals surface area contributed by atoms with E-state index in [1.54, 1.807) is 17.3 Å². The highest BCUT2D eigenvalue weighted by molar-refractivity contribution is 5.77. The van der Waals surface area contributed by atoms with Crippen LogP contribution in [0.25, 0.3) is 0 Å². The number of aromatic nitrogens is 2. The summed E-state index contributed by atoms with van der Waals surface area (Å²) in [5, 5.41) is 6.45. The molecule has 2 rings (SSSR count). The predicted molar refractivity (Wildman–Crippen MR) is 70.5 cm³/mol. The number of amides is 1. The number of nitrogens with zero attached hydrogens (tertiary/aromatic N) is 3. The van der Waals surface area contributed by atoms with E-state index in [0.717, 1.165) is 24.6 Å².